The second-order valence-electron chi connectivity index (χ2n) is 1.84. The van der Waals surface area contributed by atoms with Crippen molar-refractivity contribution in [3.63, 3.8) is 0 Å². The number of nitrogens with zero attached hydrogens (tertiary/aromatic N) is 1. The molecular formula is C9H18N2. The van der Waals surface area contributed by atoms with Gasteiger partial charge in [-0.1, -0.05) is 13.8 Å². The van der Waals surface area contributed by atoms with E-state index in [1.807, 2.05) is 27.7 Å². The number of hydrogen-bond donors (Lipinski definition) is 1. The van der Waals surface area contributed by atoms with Crippen LogP contribution in [0.1, 0.15) is 34.6 Å². The quantitative estimate of drug-likeness (QED) is 0.593. The van der Waals surface area contributed by atoms with Crippen molar-refractivity contribution in [3.05, 3.63) is 11.8 Å². The van der Waals surface area contributed by atoms with Gasteiger partial charge in [0, 0.05) is 18.1 Å². The van der Waals surface area contributed by atoms with Gasteiger partial charge in [0.15, 0.2) is 0 Å². The van der Waals surface area contributed by atoms with Crippen LogP contribution in [0, 0.1) is 5.41 Å². The average molecular weight is 154 g/mol. The Labute approximate surface area is 69.6 Å². The molecule has 0 aliphatic carbocycles. The molecule has 2 nitrogen and oxygen atoms in total. The maximum atomic E-state index is 7.14. The molecule has 0 aromatic carbocycles. The fourth-order valence-electron chi connectivity index (χ4n) is 0.283. The van der Waals surface area contributed by atoms with Crippen LogP contribution < -0.4 is 0 Å². The highest BCUT2D eigenvalue weighted by Gasteiger charge is 1.86. The molecule has 0 heterocycles. The first kappa shape index (κ1) is 12.7. The molecule has 0 aromatic heterocycles. The van der Waals surface area contributed by atoms with Gasteiger partial charge in [-0.3, -0.25) is 4.99 Å². The maximum Gasteiger partial charge on any atom is 0.0327 e. The predicted octanol–water partition coefficient (Wildman–Crippen LogP) is 3.05. The molecule has 1 N–H and O–H groups in total. The molecule has 0 spiro atoms. The van der Waals surface area contributed by atoms with Gasteiger partial charge in [0.05, 0.1) is 0 Å². The highest BCUT2D eigenvalue weighted by molar-refractivity contribution is 5.95. The van der Waals surface area contributed by atoms with Gasteiger partial charge in [-0.05, 0) is 26.3 Å². The highest BCUT2D eigenvalue weighted by atomic mass is 14.7. The van der Waals surface area contributed by atoms with Crippen LogP contribution in [0.15, 0.2) is 16.8 Å². The minimum Gasteiger partial charge on any atom is -0.305 e. The molecule has 2 heteroatoms. The van der Waals surface area contributed by atoms with Gasteiger partial charge in [-0.25, -0.2) is 0 Å². The maximum absolute atomic E-state index is 7.14. The van der Waals surface area contributed by atoms with E-state index in [9.17, 15) is 0 Å². The summed E-state index contributed by atoms with van der Waals surface area (Å²) in [5.74, 6) is 0. The van der Waals surface area contributed by atoms with Crippen LogP contribution in [0.4, 0.5) is 0 Å². The monoisotopic (exact) mass is 154 g/mol. The van der Waals surface area contributed by atoms with Gasteiger partial charge in [0.25, 0.3) is 0 Å². The van der Waals surface area contributed by atoms with Crippen LogP contribution in [0.25, 0.3) is 0 Å². The lowest BCUT2D eigenvalue weighted by molar-refractivity contribution is 1.38. The Morgan fingerprint density at radius 2 is 1.73 bits per heavy atom. The molecule has 0 fully saturated rings. The normalized spacial score (nSPS) is 10.8. The zero-order chi connectivity index (χ0) is 9.28. The minimum atomic E-state index is 0.570. The Hall–Kier alpha value is -0.920. The van der Waals surface area contributed by atoms with Crippen LogP contribution in [-0.4, -0.2) is 11.9 Å². The summed E-state index contributed by atoms with van der Waals surface area (Å²) in [5.41, 5.74) is 1.48. The topological polar surface area (TPSA) is 36.2 Å². The van der Waals surface area contributed by atoms with E-state index in [0.717, 1.165) is 5.57 Å². The number of rotatable bonds is 2. The van der Waals surface area contributed by atoms with E-state index >= 15 is 0 Å². The van der Waals surface area contributed by atoms with Crippen molar-refractivity contribution in [2.24, 2.45) is 4.99 Å². The Morgan fingerprint density at radius 3 is 2.00 bits per heavy atom. The van der Waals surface area contributed by atoms with Gasteiger partial charge in [-0.2, -0.15) is 0 Å². The molecule has 64 valence electrons. The van der Waals surface area contributed by atoms with Gasteiger partial charge in [0.2, 0.25) is 0 Å². The second-order valence-corrected chi connectivity index (χ2v) is 1.84. The van der Waals surface area contributed by atoms with E-state index in [1.54, 1.807) is 19.3 Å². The van der Waals surface area contributed by atoms with E-state index in [-0.39, 0.29) is 0 Å². The van der Waals surface area contributed by atoms with Crippen LogP contribution in [-0.2, 0) is 0 Å². The molecule has 0 aliphatic rings. The van der Waals surface area contributed by atoms with E-state index in [0.29, 0.717) is 5.71 Å². The molecule has 0 unspecified atom stereocenters. The third-order valence-electron chi connectivity index (χ3n) is 1.01. The molecule has 0 rings (SSSR count). The third-order valence-corrected chi connectivity index (χ3v) is 1.01. The van der Waals surface area contributed by atoms with Gasteiger partial charge in [-0.15, -0.1) is 0 Å². The molecule has 0 atom stereocenters. The molecule has 0 saturated carbocycles. The van der Waals surface area contributed by atoms with Gasteiger partial charge >= 0.3 is 0 Å². The number of hydrogen-bond acceptors (Lipinski definition) is 2. The van der Waals surface area contributed by atoms with E-state index in [4.69, 9.17) is 5.41 Å². The Bertz CT molecular complexity index is 155. The van der Waals surface area contributed by atoms with Crippen LogP contribution in [0.2, 0.25) is 0 Å². The summed E-state index contributed by atoms with van der Waals surface area (Å²) in [6.45, 7) is 9.47. The molecule has 0 radical (unpaired) electrons. The number of aliphatic imine (C=N–C) groups is 1. The summed E-state index contributed by atoms with van der Waals surface area (Å²) in [5, 5.41) is 7.14. The molecule has 0 saturated heterocycles. The molecule has 0 bridgehead atoms. The molecule has 0 aliphatic heterocycles. The van der Waals surface area contributed by atoms with Crippen molar-refractivity contribution in [1.29, 1.82) is 5.41 Å². The highest BCUT2D eigenvalue weighted by Crippen LogP contribution is 1.92. The average Bonchev–Trinajstić information content (AvgIpc) is 2.03. The second kappa shape index (κ2) is 9.08. The van der Waals surface area contributed by atoms with Crippen LogP contribution >= 0.6 is 0 Å². The summed E-state index contributed by atoms with van der Waals surface area (Å²) in [6, 6.07) is 0. The lowest BCUT2D eigenvalue weighted by atomic mass is 10.2. The van der Waals surface area contributed by atoms with E-state index < -0.39 is 0 Å². The zero-order valence-electron chi connectivity index (χ0n) is 8.10. The number of nitrogens with one attached hydrogen (secondary N) is 1. The van der Waals surface area contributed by atoms with Crippen molar-refractivity contribution in [2.75, 3.05) is 0 Å². The van der Waals surface area contributed by atoms with Crippen LogP contribution in [0.5, 0.6) is 0 Å². The Balaban J connectivity index is 0. The standard InChI is InChI=1S/C7H12N2.C2H6/c1-4-9-5-6(2)7(3)8;1-2/h4-5,8H,1-3H3;1-2H3/b6-5-,8-7?,9-4?;. The largest absolute Gasteiger partial charge is 0.305 e. The molecule has 0 amide bonds. The summed E-state index contributed by atoms with van der Waals surface area (Å²) < 4.78 is 0. The summed E-state index contributed by atoms with van der Waals surface area (Å²) in [4.78, 5) is 3.87. The van der Waals surface area contributed by atoms with Crippen molar-refractivity contribution in [3.8, 4) is 0 Å². The Kier molecular flexibility index (Phi) is 10.5. The van der Waals surface area contributed by atoms with Crippen molar-refractivity contribution in [2.45, 2.75) is 34.6 Å². The molecule has 0 aromatic rings. The lowest BCUT2D eigenvalue weighted by Gasteiger charge is -1.90. The van der Waals surface area contributed by atoms with E-state index in [2.05, 4.69) is 4.99 Å². The van der Waals surface area contributed by atoms with Crippen molar-refractivity contribution >= 4 is 11.9 Å². The number of allylic oxidation sites excluding steroid dienone is 1. The van der Waals surface area contributed by atoms with Crippen molar-refractivity contribution in [1.82, 2.24) is 0 Å². The van der Waals surface area contributed by atoms with Crippen LogP contribution in [0.3, 0.4) is 0 Å². The minimum absolute atomic E-state index is 0.570. The lowest BCUT2D eigenvalue weighted by Crippen LogP contribution is -1.87. The first-order valence-corrected chi connectivity index (χ1v) is 3.88. The fraction of sp³-hybridized carbons (Fsp3) is 0.556. The predicted molar refractivity (Wildman–Crippen MR) is 52.7 cm³/mol. The van der Waals surface area contributed by atoms with Crippen molar-refractivity contribution < 1.29 is 0 Å². The third kappa shape index (κ3) is 9.08. The first-order chi connectivity index (χ1) is 5.18. The smallest absolute Gasteiger partial charge is 0.0327 e. The van der Waals surface area contributed by atoms with E-state index in [1.165, 1.54) is 0 Å². The fourth-order valence-corrected chi connectivity index (χ4v) is 0.283. The Morgan fingerprint density at radius 1 is 1.27 bits per heavy atom. The summed E-state index contributed by atoms with van der Waals surface area (Å²) >= 11 is 0. The van der Waals surface area contributed by atoms with Gasteiger partial charge < -0.3 is 5.41 Å². The zero-order valence-corrected chi connectivity index (χ0v) is 8.10. The molecular weight excluding hydrogens is 136 g/mol. The van der Waals surface area contributed by atoms with Gasteiger partial charge in [0.1, 0.15) is 0 Å². The summed E-state index contributed by atoms with van der Waals surface area (Å²) in [6.07, 6.45) is 3.38. The summed E-state index contributed by atoms with van der Waals surface area (Å²) in [7, 11) is 0. The first-order valence-electron chi connectivity index (χ1n) is 3.88. The molecule has 11 heavy (non-hydrogen) atoms. The SMILES string of the molecule is CC.CC=N/C=C(/C)C(C)=N.